The highest BCUT2D eigenvalue weighted by Crippen LogP contribution is 2.30. The molecule has 0 saturated heterocycles. The minimum Gasteiger partial charge on any atom is -0.347 e. The van der Waals surface area contributed by atoms with E-state index < -0.39 is 11.7 Å². The molecule has 0 radical (unpaired) electrons. The summed E-state index contributed by atoms with van der Waals surface area (Å²) in [5, 5.41) is 0. The second-order valence-corrected chi connectivity index (χ2v) is 6.28. The number of aromatic nitrogens is 4. The summed E-state index contributed by atoms with van der Waals surface area (Å²) in [6.07, 6.45) is 1.67. The highest BCUT2D eigenvalue weighted by Gasteiger charge is 2.30. The number of halogens is 3. The van der Waals surface area contributed by atoms with E-state index in [1.165, 1.54) is 12.1 Å². The normalized spacial score (nSPS) is 15.0. The van der Waals surface area contributed by atoms with Crippen LogP contribution in [0.1, 0.15) is 22.5 Å². The van der Waals surface area contributed by atoms with Gasteiger partial charge in [0.05, 0.1) is 17.6 Å². The van der Waals surface area contributed by atoms with Crippen LogP contribution in [0.5, 0.6) is 0 Å². The standard InChI is InChI=1S/C18H16F3N5/c19-18(20,21)14-3-1-12(2-4-14)17-23-7-13-9-26(6-5-16(13)25-17)10-15-8-22-11-24-15/h1-4,7-8,11H,5-6,9-10H2,(H,22,24). The lowest BCUT2D eigenvalue weighted by molar-refractivity contribution is -0.137. The molecule has 26 heavy (non-hydrogen) atoms. The van der Waals surface area contributed by atoms with Crippen molar-refractivity contribution >= 4 is 0 Å². The number of fused-ring (bicyclic) bond motifs is 1. The maximum atomic E-state index is 12.7. The molecule has 3 heterocycles. The molecule has 0 fully saturated rings. The molecule has 1 aliphatic rings. The fraction of sp³-hybridized carbons (Fsp3) is 0.278. The van der Waals surface area contributed by atoms with Crippen LogP contribution < -0.4 is 0 Å². The van der Waals surface area contributed by atoms with Gasteiger partial charge in [0.2, 0.25) is 0 Å². The third kappa shape index (κ3) is 3.45. The maximum Gasteiger partial charge on any atom is 0.416 e. The molecule has 1 aliphatic heterocycles. The molecule has 134 valence electrons. The van der Waals surface area contributed by atoms with Gasteiger partial charge in [0.15, 0.2) is 5.82 Å². The van der Waals surface area contributed by atoms with E-state index in [1.54, 1.807) is 18.7 Å². The summed E-state index contributed by atoms with van der Waals surface area (Å²) in [6, 6.07) is 4.95. The second kappa shape index (κ2) is 6.53. The summed E-state index contributed by atoms with van der Waals surface area (Å²) < 4.78 is 38.0. The van der Waals surface area contributed by atoms with Gasteiger partial charge in [-0.25, -0.2) is 15.0 Å². The van der Waals surface area contributed by atoms with Crippen molar-refractivity contribution < 1.29 is 13.2 Å². The van der Waals surface area contributed by atoms with E-state index in [1.807, 2.05) is 0 Å². The number of imidazole rings is 1. The lowest BCUT2D eigenvalue weighted by Crippen LogP contribution is -2.31. The van der Waals surface area contributed by atoms with Crippen molar-refractivity contribution in [1.29, 1.82) is 0 Å². The van der Waals surface area contributed by atoms with Gasteiger partial charge in [0.1, 0.15) is 0 Å². The highest BCUT2D eigenvalue weighted by atomic mass is 19.4. The van der Waals surface area contributed by atoms with Crippen LogP contribution in [-0.4, -0.2) is 31.4 Å². The summed E-state index contributed by atoms with van der Waals surface area (Å²) in [5.41, 5.74) is 2.97. The Balaban J connectivity index is 1.51. The van der Waals surface area contributed by atoms with Gasteiger partial charge < -0.3 is 4.98 Å². The highest BCUT2D eigenvalue weighted by molar-refractivity contribution is 5.56. The lowest BCUT2D eigenvalue weighted by Gasteiger charge is -2.27. The van der Waals surface area contributed by atoms with Gasteiger partial charge in [-0.3, -0.25) is 4.90 Å². The Hall–Kier alpha value is -2.74. The minimum absolute atomic E-state index is 0.458. The van der Waals surface area contributed by atoms with Crippen molar-refractivity contribution in [3.05, 3.63) is 65.5 Å². The smallest absolute Gasteiger partial charge is 0.347 e. The van der Waals surface area contributed by atoms with Crippen LogP contribution in [0.3, 0.4) is 0 Å². The molecule has 1 N–H and O–H groups in total. The number of benzene rings is 1. The first-order chi connectivity index (χ1) is 12.5. The predicted molar refractivity (Wildman–Crippen MR) is 88.9 cm³/mol. The quantitative estimate of drug-likeness (QED) is 0.778. The van der Waals surface area contributed by atoms with E-state index in [0.29, 0.717) is 11.4 Å². The molecule has 2 aromatic heterocycles. The van der Waals surface area contributed by atoms with Crippen LogP contribution in [0.2, 0.25) is 0 Å². The van der Waals surface area contributed by atoms with Gasteiger partial charge >= 0.3 is 6.18 Å². The zero-order valence-electron chi connectivity index (χ0n) is 13.8. The third-order valence-electron chi connectivity index (χ3n) is 4.43. The SMILES string of the molecule is FC(F)(F)c1ccc(-c2ncc3c(n2)CCN(Cc2cnc[nH]2)C3)cc1. The fourth-order valence-corrected chi connectivity index (χ4v) is 3.07. The average Bonchev–Trinajstić information content (AvgIpc) is 3.14. The fourth-order valence-electron chi connectivity index (χ4n) is 3.07. The van der Waals surface area contributed by atoms with E-state index in [4.69, 9.17) is 0 Å². The number of rotatable bonds is 3. The zero-order chi connectivity index (χ0) is 18.1. The number of H-pyrrole nitrogens is 1. The number of hydrogen-bond acceptors (Lipinski definition) is 4. The van der Waals surface area contributed by atoms with Crippen LogP contribution in [0.25, 0.3) is 11.4 Å². The Kier molecular flexibility index (Phi) is 4.20. The van der Waals surface area contributed by atoms with Crippen molar-refractivity contribution in [2.24, 2.45) is 0 Å². The van der Waals surface area contributed by atoms with Crippen LogP contribution >= 0.6 is 0 Å². The number of aromatic amines is 1. The Labute approximate surface area is 147 Å². The molecule has 8 heteroatoms. The molecule has 4 rings (SSSR count). The molecule has 0 amide bonds. The molecule has 0 spiro atoms. The molecule has 1 aromatic carbocycles. The lowest BCUT2D eigenvalue weighted by atomic mass is 10.1. The monoisotopic (exact) mass is 359 g/mol. The van der Waals surface area contributed by atoms with Crippen molar-refractivity contribution in [2.45, 2.75) is 25.7 Å². The number of nitrogens with one attached hydrogen (secondary N) is 1. The van der Waals surface area contributed by atoms with Crippen LogP contribution in [0.4, 0.5) is 13.2 Å². The van der Waals surface area contributed by atoms with Crippen molar-refractivity contribution in [1.82, 2.24) is 24.8 Å². The first kappa shape index (κ1) is 16.7. The second-order valence-electron chi connectivity index (χ2n) is 6.28. The number of alkyl halides is 3. The first-order valence-electron chi connectivity index (χ1n) is 8.21. The molecular formula is C18H16F3N5. The molecule has 0 aliphatic carbocycles. The summed E-state index contributed by atoms with van der Waals surface area (Å²) in [6.45, 7) is 2.37. The van der Waals surface area contributed by atoms with E-state index in [2.05, 4.69) is 24.8 Å². The van der Waals surface area contributed by atoms with Crippen molar-refractivity contribution in [2.75, 3.05) is 6.54 Å². The Morgan fingerprint density at radius 2 is 1.92 bits per heavy atom. The molecule has 3 aromatic rings. The summed E-state index contributed by atoms with van der Waals surface area (Å²) in [4.78, 5) is 18.3. The van der Waals surface area contributed by atoms with Crippen LogP contribution in [0, 0.1) is 0 Å². The van der Waals surface area contributed by atoms with Gasteiger partial charge in [-0.05, 0) is 12.1 Å². The molecule has 0 saturated carbocycles. The number of nitrogens with zero attached hydrogens (tertiary/aromatic N) is 4. The molecular weight excluding hydrogens is 343 g/mol. The van der Waals surface area contributed by atoms with E-state index in [-0.39, 0.29) is 0 Å². The van der Waals surface area contributed by atoms with Crippen LogP contribution in [0.15, 0.2) is 43.0 Å². The Bertz CT molecular complexity index is 888. The van der Waals surface area contributed by atoms with Gasteiger partial charge in [-0.2, -0.15) is 13.2 Å². The van der Waals surface area contributed by atoms with E-state index in [9.17, 15) is 13.2 Å². The van der Waals surface area contributed by atoms with Gasteiger partial charge in [0, 0.05) is 55.3 Å². The molecule has 0 bridgehead atoms. The van der Waals surface area contributed by atoms with E-state index >= 15 is 0 Å². The molecule has 0 atom stereocenters. The predicted octanol–water partition coefficient (Wildman–Crippen LogP) is 3.44. The average molecular weight is 359 g/mol. The van der Waals surface area contributed by atoms with Gasteiger partial charge in [0.25, 0.3) is 0 Å². The topological polar surface area (TPSA) is 57.7 Å². The first-order valence-corrected chi connectivity index (χ1v) is 8.21. The van der Waals surface area contributed by atoms with E-state index in [0.717, 1.165) is 55.1 Å². The summed E-state index contributed by atoms with van der Waals surface area (Å²) >= 11 is 0. The number of hydrogen-bond donors (Lipinski definition) is 1. The van der Waals surface area contributed by atoms with Crippen LogP contribution in [-0.2, 0) is 25.7 Å². The zero-order valence-corrected chi connectivity index (χ0v) is 13.8. The van der Waals surface area contributed by atoms with Crippen molar-refractivity contribution in [3.63, 3.8) is 0 Å². The summed E-state index contributed by atoms with van der Waals surface area (Å²) in [7, 11) is 0. The molecule has 0 unspecified atom stereocenters. The summed E-state index contributed by atoms with van der Waals surface area (Å²) in [5.74, 6) is 0.458. The van der Waals surface area contributed by atoms with Gasteiger partial charge in [-0.1, -0.05) is 12.1 Å². The third-order valence-corrected chi connectivity index (χ3v) is 4.43. The molecule has 5 nitrogen and oxygen atoms in total. The largest absolute Gasteiger partial charge is 0.416 e. The minimum atomic E-state index is -4.34. The van der Waals surface area contributed by atoms with Gasteiger partial charge in [-0.15, -0.1) is 0 Å². The Morgan fingerprint density at radius 3 is 2.62 bits per heavy atom. The van der Waals surface area contributed by atoms with Crippen molar-refractivity contribution in [3.8, 4) is 11.4 Å². The Morgan fingerprint density at radius 1 is 1.12 bits per heavy atom. The maximum absolute atomic E-state index is 12.7.